The van der Waals surface area contributed by atoms with Gasteiger partial charge in [0.05, 0.1) is 29.1 Å². The summed E-state index contributed by atoms with van der Waals surface area (Å²) >= 11 is 0. The maximum absolute atomic E-state index is 14.4. The van der Waals surface area contributed by atoms with Gasteiger partial charge in [0, 0.05) is 55.6 Å². The van der Waals surface area contributed by atoms with Gasteiger partial charge in [0.1, 0.15) is 17.8 Å². The summed E-state index contributed by atoms with van der Waals surface area (Å²) in [6.45, 7) is 2.36. The number of carbonyl (C=O) groups excluding carboxylic acids is 1. The fourth-order valence-corrected chi connectivity index (χ4v) is 5.24. The Kier molecular flexibility index (Phi) is 5.70. The first kappa shape index (κ1) is 23.6. The average molecular weight is 513 g/mol. The van der Waals surface area contributed by atoms with Crippen LogP contribution < -0.4 is 0 Å². The summed E-state index contributed by atoms with van der Waals surface area (Å²) in [7, 11) is 0. The number of fused-ring (bicyclic) bond motifs is 1. The van der Waals surface area contributed by atoms with Gasteiger partial charge in [-0.05, 0) is 31.0 Å². The van der Waals surface area contributed by atoms with Crippen molar-refractivity contribution in [3.8, 4) is 11.3 Å². The van der Waals surface area contributed by atoms with E-state index in [1.54, 1.807) is 6.20 Å². The molecule has 0 spiro atoms. The fourth-order valence-electron chi connectivity index (χ4n) is 5.24. The van der Waals surface area contributed by atoms with E-state index in [1.807, 2.05) is 23.1 Å². The highest BCUT2D eigenvalue weighted by atomic mass is 19.4. The number of piperidine rings is 1. The number of aromatic amines is 1. The second kappa shape index (κ2) is 8.94. The molecule has 0 unspecified atom stereocenters. The molecule has 2 saturated heterocycles. The van der Waals surface area contributed by atoms with Gasteiger partial charge in [-0.25, -0.2) is 14.4 Å². The van der Waals surface area contributed by atoms with Crippen molar-refractivity contribution >= 4 is 16.9 Å². The Morgan fingerprint density at radius 2 is 1.84 bits per heavy atom. The molecule has 0 aliphatic carbocycles. The Bertz CT molecular complexity index is 1450. The Morgan fingerprint density at radius 3 is 2.59 bits per heavy atom. The van der Waals surface area contributed by atoms with Crippen LogP contribution in [0.3, 0.4) is 0 Å². The standard InChI is InChI=1S/C25H23F4N7O/c26-21-18(2-1-3-20(21)25(27,28)29)24(37)34-8-5-16(6-9-34)35-12-17(13-35)36-11-15(10-33-36)22-19-4-7-30-23(19)32-14-31-22/h1-4,7,10-11,14,16-17H,5-6,8-9,12-13H2,(H,30,31,32). The molecule has 0 radical (unpaired) electrons. The number of nitrogens with zero attached hydrogens (tertiary/aromatic N) is 6. The predicted octanol–water partition coefficient (Wildman–Crippen LogP) is 4.14. The van der Waals surface area contributed by atoms with Gasteiger partial charge in [0.15, 0.2) is 0 Å². The van der Waals surface area contributed by atoms with Crippen LogP contribution in [0.25, 0.3) is 22.3 Å². The first-order valence-electron chi connectivity index (χ1n) is 12.0. The van der Waals surface area contributed by atoms with Crippen LogP contribution in [0.2, 0.25) is 0 Å². The zero-order valence-electron chi connectivity index (χ0n) is 19.6. The van der Waals surface area contributed by atoms with Gasteiger partial charge in [-0.15, -0.1) is 0 Å². The zero-order chi connectivity index (χ0) is 25.7. The van der Waals surface area contributed by atoms with Crippen LogP contribution in [0.5, 0.6) is 0 Å². The topological polar surface area (TPSA) is 82.9 Å². The maximum Gasteiger partial charge on any atom is 0.419 e. The van der Waals surface area contributed by atoms with E-state index in [1.165, 1.54) is 11.2 Å². The van der Waals surface area contributed by atoms with Crippen LogP contribution in [-0.4, -0.2) is 72.7 Å². The van der Waals surface area contributed by atoms with Crippen molar-refractivity contribution in [1.82, 2.24) is 34.5 Å². The number of amides is 1. The smallest absolute Gasteiger partial charge is 0.346 e. The number of aromatic nitrogens is 5. The van der Waals surface area contributed by atoms with E-state index in [0.29, 0.717) is 32.0 Å². The lowest BCUT2D eigenvalue weighted by Gasteiger charge is -2.47. The van der Waals surface area contributed by atoms with Crippen molar-refractivity contribution in [1.29, 1.82) is 0 Å². The zero-order valence-corrected chi connectivity index (χ0v) is 19.6. The summed E-state index contributed by atoms with van der Waals surface area (Å²) in [6, 6.07) is 5.23. The van der Waals surface area contributed by atoms with Crippen LogP contribution in [0, 0.1) is 5.82 Å². The second-order valence-electron chi connectivity index (χ2n) is 9.47. The van der Waals surface area contributed by atoms with Crippen molar-refractivity contribution in [2.45, 2.75) is 31.1 Å². The van der Waals surface area contributed by atoms with Gasteiger partial charge in [0.25, 0.3) is 5.91 Å². The number of nitrogens with one attached hydrogen (secondary N) is 1. The number of rotatable bonds is 4. The molecule has 8 nitrogen and oxygen atoms in total. The van der Waals surface area contributed by atoms with Gasteiger partial charge >= 0.3 is 6.18 Å². The molecule has 1 N–H and O–H groups in total. The summed E-state index contributed by atoms with van der Waals surface area (Å²) in [5.41, 5.74) is 0.557. The van der Waals surface area contributed by atoms with E-state index in [2.05, 4.69) is 25.0 Å². The summed E-state index contributed by atoms with van der Waals surface area (Å²) in [6.07, 6.45) is 3.64. The van der Waals surface area contributed by atoms with Crippen LogP contribution in [0.4, 0.5) is 17.6 Å². The number of carbonyl (C=O) groups is 1. The molecule has 5 heterocycles. The molecule has 2 aliphatic heterocycles. The highest BCUT2D eigenvalue weighted by molar-refractivity contribution is 5.95. The number of likely N-dealkylation sites (tertiary alicyclic amines) is 2. The molecule has 0 atom stereocenters. The van der Waals surface area contributed by atoms with E-state index < -0.39 is 29.0 Å². The summed E-state index contributed by atoms with van der Waals surface area (Å²) in [5.74, 6) is -2.21. The van der Waals surface area contributed by atoms with E-state index in [0.717, 1.165) is 47.5 Å². The van der Waals surface area contributed by atoms with Gasteiger partial charge in [-0.2, -0.15) is 18.3 Å². The molecule has 1 aromatic carbocycles. The second-order valence-corrected chi connectivity index (χ2v) is 9.47. The van der Waals surface area contributed by atoms with Gasteiger partial charge < -0.3 is 9.88 Å². The van der Waals surface area contributed by atoms with E-state index in [-0.39, 0.29) is 12.1 Å². The summed E-state index contributed by atoms with van der Waals surface area (Å²) in [5, 5.41) is 5.47. The molecule has 2 aliphatic rings. The third-order valence-corrected chi connectivity index (χ3v) is 7.30. The van der Waals surface area contributed by atoms with Crippen LogP contribution in [0.1, 0.15) is 34.8 Å². The summed E-state index contributed by atoms with van der Waals surface area (Å²) in [4.78, 5) is 28.2. The minimum Gasteiger partial charge on any atom is -0.346 e. The molecule has 37 heavy (non-hydrogen) atoms. The van der Waals surface area contributed by atoms with Crippen LogP contribution in [-0.2, 0) is 6.18 Å². The Labute approximate surface area is 208 Å². The third kappa shape index (κ3) is 4.24. The largest absolute Gasteiger partial charge is 0.419 e. The monoisotopic (exact) mass is 513 g/mol. The van der Waals surface area contributed by atoms with Crippen molar-refractivity contribution in [2.75, 3.05) is 26.2 Å². The maximum atomic E-state index is 14.4. The minimum absolute atomic E-state index is 0.219. The first-order chi connectivity index (χ1) is 17.8. The van der Waals surface area contributed by atoms with Gasteiger partial charge in [-0.3, -0.25) is 14.4 Å². The number of H-pyrrole nitrogens is 1. The third-order valence-electron chi connectivity index (χ3n) is 7.30. The predicted molar refractivity (Wildman–Crippen MR) is 126 cm³/mol. The molecule has 2 fully saturated rings. The molecular formula is C25H23F4N7O. The van der Waals surface area contributed by atoms with Gasteiger partial charge in [0.2, 0.25) is 0 Å². The van der Waals surface area contributed by atoms with Crippen LogP contribution in [0.15, 0.2) is 49.2 Å². The molecular weight excluding hydrogens is 490 g/mol. The van der Waals surface area contributed by atoms with Crippen molar-refractivity contribution in [2.24, 2.45) is 0 Å². The number of alkyl halides is 3. The number of halogens is 4. The summed E-state index contributed by atoms with van der Waals surface area (Å²) < 4.78 is 55.5. The van der Waals surface area contributed by atoms with Gasteiger partial charge in [-0.1, -0.05) is 6.07 Å². The number of hydrogen-bond acceptors (Lipinski definition) is 5. The molecule has 4 aromatic rings. The highest BCUT2D eigenvalue weighted by Crippen LogP contribution is 2.34. The van der Waals surface area contributed by atoms with E-state index in [4.69, 9.17) is 0 Å². The molecule has 0 bridgehead atoms. The average Bonchev–Trinajstić information content (AvgIpc) is 3.52. The van der Waals surface area contributed by atoms with E-state index >= 15 is 0 Å². The molecule has 0 saturated carbocycles. The SMILES string of the molecule is O=C(c1cccc(C(F)(F)F)c1F)N1CCC(N2CC(n3cc(-c4ncnc5[nH]ccc45)cn3)C2)CC1. The highest BCUT2D eigenvalue weighted by Gasteiger charge is 2.38. The van der Waals surface area contributed by atoms with E-state index in [9.17, 15) is 22.4 Å². The van der Waals surface area contributed by atoms with Crippen molar-refractivity contribution in [3.05, 3.63) is 66.1 Å². The molecule has 1 amide bonds. The Hall–Kier alpha value is -3.80. The Balaban J connectivity index is 1.05. The van der Waals surface area contributed by atoms with Crippen molar-refractivity contribution < 1.29 is 22.4 Å². The first-order valence-corrected chi connectivity index (χ1v) is 12.0. The lowest BCUT2D eigenvalue weighted by molar-refractivity contribution is -0.140. The van der Waals surface area contributed by atoms with Crippen molar-refractivity contribution in [3.63, 3.8) is 0 Å². The molecule has 192 valence electrons. The number of hydrogen-bond donors (Lipinski definition) is 1. The quantitative estimate of drug-likeness (QED) is 0.415. The van der Waals surface area contributed by atoms with Crippen LogP contribution >= 0.6 is 0 Å². The lowest BCUT2D eigenvalue weighted by atomic mass is 9.97. The lowest BCUT2D eigenvalue weighted by Crippen LogP contribution is -2.56. The molecule has 6 rings (SSSR count). The molecule has 12 heteroatoms. The fraction of sp³-hybridized carbons (Fsp3) is 0.360. The number of benzene rings is 1. The molecule has 3 aromatic heterocycles. The Morgan fingerprint density at radius 1 is 1.05 bits per heavy atom. The minimum atomic E-state index is -4.85. The normalized spacial score (nSPS) is 17.9.